The van der Waals surface area contributed by atoms with Crippen LogP contribution in [0.3, 0.4) is 0 Å². The molecule has 0 radical (unpaired) electrons. The molecular weight excluding hydrogens is 271 g/mol. The van der Waals surface area contributed by atoms with Crippen molar-refractivity contribution in [1.82, 2.24) is 0 Å². The van der Waals surface area contributed by atoms with Gasteiger partial charge in [-0.3, -0.25) is 0 Å². The Hall–Kier alpha value is -2.58. The quantitative estimate of drug-likeness (QED) is 0.917. The van der Waals surface area contributed by atoms with Gasteiger partial charge >= 0.3 is 0 Å². The zero-order valence-corrected chi connectivity index (χ0v) is 11.6. The summed E-state index contributed by atoms with van der Waals surface area (Å²) in [6, 6.07) is 11.7. The highest BCUT2D eigenvalue weighted by molar-refractivity contribution is 5.41. The van der Waals surface area contributed by atoms with Gasteiger partial charge in [0.15, 0.2) is 0 Å². The summed E-state index contributed by atoms with van der Waals surface area (Å²) < 4.78 is 24.7. The molecule has 0 amide bonds. The number of benzene rings is 2. The number of nitrogens with two attached hydrogens (primary N) is 1. The van der Waals surface area contributed by atoms with Crippen molar-refractivity contribution >= 4 is 0 Å². The fraction of sp³-hybridized carbons (Fsp3) is 0.188. The topological polar surface area (TPSA) is 68.3 Å². The van der Waals surface area contributed by atoms with Crippen molar-refractivity contribution in [2.45, 2.75) is 13.2 Å². The number of halogens is 1. The fourth-order valence-corrected chi connectivity index (χ4v) is 1.90. The standard InChI is InChI=1S/C16H15FN2O2/c1-20-14-6-5-11(8-18)15(7-14)21-10-13-4-2-3-12(9-19)16(13)17/h2-7H,8,10,18H2,1H3. The minimum absolute atomic E-state index is 0.000732. The highest BCUT2D eigenvalue weighted by Crippen LogP contribution is 2.26. The maximum atomic E-state index is 14.0. The van der Waals surface area contributed by atoms with Crippen LogP contribution in [0.25, 0.3) is 0 Å². The molecule has 0 atom stereocenters. The summed E-state index contributed by atoms with van der Waals surface area (Å²) >= 11 is 0. The van der Waals surface area contributed by atoms with Crippen LogP contribution < -0.4 is 15.2 Å². The van der Waals surface area contributed by atoms with Gasteiger partial charge in [0.2, 0.25) is 0 Å². The average molecular weight is 286 g/mol. The summed E-state index contributed by atoms with van der Waals surface area (Å²) in [4.78, 5) is 0. The van der Waals surface area contributed by atoms with Crippen LogP contribution in [0, 0.1) is 17.1 Å². The molecule has 108 valence electrons. The molecule has 0 unspecified atom stereocenters. The number of nitriles is 1. The lowest BCUT2D eigenvalue weighted by Gasteiger charge is -2.12. The summed E-state index contributed by atoms with van der Waals surface area (Å²) in [5.74, 6) is 0.615. The summed E-state index contributed by atoms with van der Waals surface area (Å²) in [5, 5.41) is 8.81. The highest BCUT2D eigenvalue weighted by Gasteiger charge is 2.10. The molecule has 0 bridgehead atoms. The lowest BCUT2D eigenvalue weighted by atomic mass is 10.1. The molecule has 0 spiro atoms. The third-order valence-electron chi connectivity index (χ3n) is 3.08. The van der Waals surface area contributed by atoms with Crippen LogP contribution in [0.4, 0.5) is 4.39 Å². The highest BCUT2D eigenvalue weighted by atomic mass is 19.1. The van der Waals surface area contributed by atoms with Crippen LogP contribution in [0.5, 0.6) is 11.5 Å². The summed E-state index contributed by atoms with van der Waals surface area (Å²) in [7, 11) is 1.55. The Labute approximate surface area is 122 Å². The van der Waals surface area contributed by atoms with Crippen molar-refractivity contribution in [3.05, 3.63) is 58.9 Å². The number of rotatable bonds is 5. The molecule has 2 aromatic rings. The number of hydrogen-bond acceptors (Lipinski definition) is 4. The Bertz CT molecular complexity index is 680. The van der Waals surface area contributed by atoms with Crippen molar-refractivity contribution < 1.29 is 13.9 Å². The first kappa shape index (κ1) is 14.8. The van der Waals surface area contributed by atoms with E-state index in [2.05, 4.69) is 0 Å². The molecular formula is C16H15FN2O2. The monoisotopic (exact) mass is 286 g/mol. The van der Waals surface area contributed by atoms with Gasteiger partial charge in [0.25, 0.3) is 0 Å². The van der Waals surface area contributed by atoms with E-state index in [0.29, 0.717) is 23.6 Å². The Kier molecular flexibility index (Phi) is 4.75. The molecule has 0 aliphatic carbocycles. The van der Waals surface area contributed by atoms with Gasteiger partial charge in [-0.15, -0.1) is 0 Å². The van der Waals surface area contributed by atoms with Crippen LogP contribution in [0.1, 0.15) is 16.7 Å². The summed E-state index contributed by atoms with van der Waals surface area (Å²) in [6.45, 7) is 0.321. The zero-order valence-electron chi connectivity index (χ0n) is 11.6. The normalized spacial score (nSPS) is 10.0. The molecule has 2 N–H and O–H groups in total. The van der Waals surface area contributed by atoms with Gasteiger partial charge in [-0.05, 0) is 12.1 Å². The molecule has 2 aromatic carbocycles. The van der Waals surface area contributed by atoms with Gasteiger partial charge in [0, 0.05) is 23.7 Å². The van der Waals surface area contributed by atoms with E-state index in [1.165, 1.54) is 6.07 Å². The largest absolute Gasteiger partial charge is 0.497 e. The number of ether oxygens (including phenoxy) is 2. The molecule has 0 fully saturated rings. The second-order valence-electron chi connectivity index (χ2n) is 4.36. The van der Waals surface area contributed by atoms with Crippen molar-refractivity contribution in [1.29, 1.82) is 5.26 Å². The Morgan fingerprint density at radius 3 is 2.71 bits per heavy atom. The first-order chi connectivity index (χ1) is 10.2. The van der Waals surface area contributed by atoms with Gasteiger partial charge in [-0.2, -0.15) is 5.26 Å². The SMILES string of the molecule is COc1ccc(CN)c(OCc2cccc(C#N)c2F)c1. The van der Waals surface area contributed by atoms with Crippen LogP contribution in [0.15, 0.2) is 36.4 Å². The number of nitrogens with zero attached hydrogens (tertiary/aromatic N) is 1. The van der Waals surface area contributed by atoms with Crippen LogP contribution >= 0.6 is 0 Å². The van der Waals surface area contributed by atoms with Crippen molar-refractivity contribution in [2.24, 2.45) is 5.73 Å². The fourth-order valence-electron chi connectivity index (χ4n) is 1.90. The molecule has 0 saturated carbocycles. The Morgan fingerprint density at radius 2 is 2.05 bits per heavy atom. The van der Waals surface area contributed by atoms with E-state index in [0.717, 1.165) is 5.56 Å². The summed E-state index contributed by atoms with van der Waals surface area (Å²) in [5.41, 5.74) is 6.77. The van der Waals surface area contributed by atoms with Gasteiger partial charge in [-0.25, -0.2) is 4.39 Å². The lowest BCUT2D eigenvalue weighted by molar-refractivity contribution is 0.294. The van der Waals surface area contributed by atoms with E-state index >= 15 is 0 Å². The van der Waals surface area contributed by atoms with Gasteiger partial charge in [0.05, 0.1) is 12.7 Å². The van der Waals surface area contributed by atoms with E-state index in [9.17, 15) is 4.39 Å². The van der Waals surface area contributed by atoms with Crippen LogP contribution in [-0.4, -0.2) is 7.11 Å². The molecule has 0 saturated heterocycles. The Balaban J connectivity index is 2.22. The summed E-state index contributed by atoms with van der Waals surface area (Å²) in [6.07, 6.45) is 0. The molecule has 0 aliphatic rings. The van der Waals surface area contributed by atoms with Crippen molar-refractivity contribution in [2.75, 3.05) is 7.11 Å². The van der Waals surface area contributed by atoms with Crippen molar-refractivity contribution in [3.8, 4) is 17.6 Å². The van der Waals surface area contributed by atoms with Crippen molar-refractivity contribution in [3.63, 3.8) is 0 Å². The zero-order chi connectivity index (χ0) is 15.2. The molecule has 21 heavy (non-hydrogen) atoms. The van der Waals surface area contributed by atoms with Gasteiger partial charge < -0.3 is 15.2 Å². The van der Waals surface area contributed by atoms with E-state index in [-0.39, 0.29) is 12.2 Å². The van der Waals surface area contributed by atoms with E-state index in [1.54, 1.807) is 43.5 Å². The van der Waals surface area contributed by atoms with E-state index in [1.807, 2.05) is 0 Å². The third-order valence-corrected chi connectivity index (χ3v) is 3.08. The molecule has 0 aromatic heterocycles. The first-order valence-electron chi connectivity index (χ1n) is 6.37. The first-order valence-corrected chi connectivity index (χ1v) is 6.37. The van der Waals surface area contributed by atoms with Gasteiger partial charge in [0.1, 0.15) is 30.0 Å². The van der Waals surface area contributed by atoms with Gasteiger partial charge in [-0.1, -0.05) is 18.2 Å². The number of methoxy groups -OCH3 is 1. The predicted molar refractivity (Wildman–Crippen MR) is 76.3 cm³/mol. The molecule has 0 heterocycles. The van der Waals surface area contributed by atoms with Crippen LogP contribution in [0.2, 0.25) is 0 Å². The number of hydrogen-bond donors (Lipinski definition) is 1. The second-order valence-corrected chi connectivity index (χ2v) is 4.36. The third kappa shape index (κ3) is 3.30. The molecule has 0 aliphatic heterocycles. The second kappa shape index (κ2) is 6.73. The lowest BCUT2D eigenvalue weighted by Crippen LogP contribution is -2.05. The molecule has 5 heteroatoms. The maximum Gasteiger partial charge on any atom is 0.147 e. The average Bonchev–Trinajstić information content (AvgIpc) is 2.53. The predicted octanol–water partition coefficient (Wildman–Crippen LogP) is 2.74. The smallest absolute Gasteiger partial charge is 0.147 e. The molecule has 4 nitrogen and oxygen atoms in total. The van der Waals surface area contributed by atoms with E-state index in [4.69, 9.17) is 20.5 Å². The minimum Gasteiger partial charge on any atom is -0.497 e. The maximum absolute atomic E-state index is 14.0. The minimum atomic E-state index is -0.558. The Morgan fingerprint density at radius 1 is 1.24 bits per heavy atom. The van der Waals surface area contributed by atoms with E-state index < -0.39 is 5.82 Å². The molecule has 2 rings (SSSR count). The van der Waals surface area contributed by atoms with Crippen LogP contribution in [-0.2, 0) is 13.2 Å².